The zero-order valence-electron chi connectivity index (χ0n) is 18.7. The molecule has 0 amide bonds. The summed E-state index contributed by atoms with van der Waals surface area (Å²) < 4.78 is 31.9. The van der Waals surface area contributed by atoms with Crippen LogP contribution >= 0.6 is 0 Å². The molecule has 0 aliphatic heterocycles. The number of aliphatic hydroxyl groups excluding tert-OH is 2. The van der Waals surface area contributed by atoms with Gasteiger partial charge in [0.1, 0.15) is 12.6 Å². The molecule has 2 atom stereocenters. The van der Waals surface area contributed by atoms with E-state index >= 15 is 0 Å². The molecular weight excluding hydrogens is 382 g/mol. The predicted molar refractivity (Wildman–Crippen MR) is 113 cm³/mol. The monoisotopic (exact) mass is 427 g/mol. The second kappa shape index (κ2) is 17.6. The third kappa shape index (κ3) is 19.1. The summed E-state index contributed by atoms with van der Waals surface area (Å²) in [5.74, 6) is 0. The van der Waals surface area contributed by atoms with Crippen molar-refractivity contribution in [1.29, 1.82) is 0 Å². The fraction of sp³-hybridized carbons (Fsp3) is 1.00. The van der Waals surface area contributed by atoms with Gasteiger partial charge in [0.25, 0.3) is 0 Å². The summed E-state index contributed by atoms with van der Waals surface area (Å²) in [4.78, 5) is 0. The van der Waals surface area contributed by atoms with Gasteiger partial charge in [-0.05, 0) is 26.7 Å². The molecule has 0 fully saturated rings. The molecule has 0 saturated heterocycles. The Labute approximate surface area is 173 Å². The van der Waals surface area contributed by atoms with Crippen LogP contribution in [0.4, 0.5) is 0 Å². The fourth-order valence-corrected chi connectivity index (χ4v) is 3.06. The lowest BCUT2D eigenvalue weighted by atomic mass is 10.1. The number of hydrogen-bond acceptors (Lipinski definition) is 6. The van der Waals surface area contributed by atoms with Crippen molar-refractivity contribution in [2.45, 2.75) is 97.1 Å². The van der Waals surface area contributed by atoms with E-state index < -0.39 is 16.5 Å². The minimum atomic E-state index is -4.41. The molecule has 28 heavy (non-hydrogen) atoms. The van der Waals surface area contributed by atoms with Crippen molar-refractivity contribution >= 4 is 10.4 Å². The fourth-order valence-electron chi connectivity index (χ4n) is 3.06. The smallest absolute Gasteiger partial charge is 0.217 e. The molecule has 0 spiro atoms. The largest absolute Gasteiger partial charge is 0.726 e. The molecule has 2 unspecified atom stereocenters. The molecule has 2 N–H and O–H groups in total. The SMILES string of the molecule is CCCCCCCCCCCC[N+](C)(CC(O)CO)C(C)C.COS(=O)(=O)[O-]. The maximum atomic E-state index is 9.74. The Hall–Kier alpha value is -0.250. The molecule has 0 heterocycles. The molecule has 0 rings (SSSR count). The zero-order chi connectivity index (χ0) is 22.1. The Morgan fingerprint density at radius 2 is 1.36 bits per heavy atom. The second-order valence-corrected chi connectivity index (χ2v) is 9.22. The van der Waals surface area contributed by atoms with E-state index in [0.29, 0.717) is 12.6 Å². The van der Waals surface area contributed by atoms with Crippen LogP contribution in [0.3, 0.4) is 0 Å². The van der Waals surface area contributed by atoms with Crippen LogP contribution in [0.1, 0.15) is 85.0 Å². The van der Waals surface area contributed by atoms with E-state index in [1.54, 1.807) is 0 Å². The average Bonchev–Trinajstić information content (AvgIpc) is 2.63. The van der Waals surface area contributed by atoms with Crippen molar-refractivity contribution in [1.82, 2.24) is 0 Å². The number of rotatable bonds is 16. The lowest BCUT2D eigenvalue weighted by molar-refractivity contribution is -0.932. The first-order valence-electron chi connectivity index (χ1n) is 10.7. The molecule has 0 bridgehead atoms. The maximum Gasteiger partial charge on any atom is 0.217 e. The molecule has 0 aliphatic rings. The average molecular weight is 428 g/mol. The van der Waals surface area contributed by atoms with Crippen LogP contribution in [0.5, 0.6) is 0 Å². The Bertz CT molecular complexity index is 444. The van der Waals surface area contributed by atoms with Gasteiger partial charge in [-0.15, -0.1) is 0 Å². The molecule has 0 aromatic carbocycles. The molecule has 8 heteroatoms. The van der Waals surface area contributed by atoms with Crippen LogP contribution in [0.15, 0.2) is 0 Å². The number of unbranched alkanes of at least 4 members (excludes halogenated alkanes) is 9. The summed E-state index contributed by atoms with van der Waals surface area (Å²) >= 11 is 0. The van der Waals surface area contributed by atoms with Gasteiger partial charge in [0, 0.05) is 0 Å². The lowest BCUT2D eigenvalue weighted by Crippen LogP contribution is -2.54. The minimum Gasteiger partial charge on any atom is -0.726 e. The molecule has 0 radical (unpaired) electrons. The Morgan fingerprint density at radius 3 is 1.68 bits per heavy atom. The van der Waals surface area contributed by atoms with E-state index in [4.69, 9.17) is 5.11 Å². The standard InChI is InChI=1S/C19H42NO2.CH4O4S/c1-5-6-7-8-9-10-11-12-13-14-15-20(4,18(2)3)16-19(22)17-21;1-5-6(2,3)4/h18-19,21-22H,5-17H2,1-4H3;1H3,(H,2,3,4)/q+1;/p-1. The van der Waals surface area contributed by atoms with Crippen molar-refractivity contribution in [2.24, 2.45) is 0 Å². The molecule has 7 nitrogen and oxygen atoms in total. The summed E-state index contributed by atoms with van der Waals surface area (Å²) in [7, 11) is -1.40. The van der Waals surface area contributed by atoms with Crippen LogP contribution in [-0.2, 0) is 14.6 Å². The third-order valence-electron chi connectivity index (χ3n) is 5.31. The summed E-state index contributed by atoms with van der Waals surface area (Å²) in [5, 5.41) is 18.8. The summed E-state index contributed by atoms with van der Waals surface area (Å²) in [6.45, 7) is 8.32. The van der Waals surface area contributed by atoms with Crippen molar-refractivity contribution in [3.05, 3.63) is 0 Å². The van der Waals surface area contributed by atoms with Gasteiger partial charge in [-0.1, -0.05) is 58.3 Å². The highest BCUT2D eigenvalue weighted by Crippen LogP contribution is 2.16. The summed E-state index contributed by atoms with van der Waals surface area (Å²) in [6, 6.07) is 0.486. The van der Waals surface area contributed by atoms with Gasteiger partial charge >= 0.3 is 0 Å². The van der Waals surface area contributed by atoms with Crippen LogP contribution in [0.2, 0.25) is 0 Å². The molecule has 0 saturated carbocycles. The van der Waals surface area contributed by atoms with Crippen LogP contribution < -0.4 is 0 Å². The van der Waals surface area contributed by atoms with E-state index in [2.05, 4.69) is 32.0 Å². The van der Waals surface area contributed by atoms with E-state index in [-0.39, 0.29) is 6.61 Å². The molecule has 0 aromatic heterocycles. The molecule has 172 valence electrons. The minimum absolute atomic E-state index is 0.126. The number of aliphatic hydroxyl groups is 2. The molecular formula is C20H45NO6S. The molecule has 0 aromatic rings. The lowest BCUT2D eigenvalue weighted by Gasteiger charge is -2.40. The van der Waals surface area contributed by atoms with E-state index in [9.17, 15) is 18.1 Å². The number of quaternary nitrogens is 1. The predicted octanol–water partition coefficient (Wildman–Crippen LogP) is 3.21. The van der Waals surface area contributed by atoms with E-state index in [0.717, 1.165) is 18.1 Å². The number of likely N-dealkylation sites (N-methyl/N-ethyl adjacent to an activating group) is 1. The van der Waals surface area contributed by atoms with Crippen LogP contribution in [-0.4, -0.2) is 73.7 Å². The topological polar surface area (TPSA) is 107 Å². The van der Waals surface area contributed by atoms with Crippen molar-refractivity contribution < 1.29 is 31.8 Å². The highest BCUT2D eigenvalue weighted by molar-refractivity contribution is 7.80. The third-order valence-corrected chi connectivity index (χ3v) is 5.72. The first-order valence-corrected chi connectivity index (χ1v) is 12.0. The second-order valence-electron chi connectivity index (χ2n) is 8.07. The summed E-state index contributed by atoms with van der Waals surface area (Å²) in [5.41, 5.74) is 0. The van der Waals surface area contributed by atoms with Gasteiger partial charge in [0.05, 0.1) is 33.4 Å². The van der Waals surface area contributed by atoms with Gasteiger partial charge < -0.3 is 19.2 Å². The van der Waals surface area contributed by atoms with Gasteiger partial charge in [-0.3, -0.25) is 4.18 Å². The van der Waals surface area contributed by atoms with Crippen molar-refractivity contribution in [3.63, 3.8) is 0 Å². The van der Waals surface area contributed by atoms with Crippen LogP contribution in [0.25, 0.3) is 0 Å². The Kier molecular flexibility index (Phi) is 18.8. The first kappa shape index (κ1) is 29.9. The van der Waals surface area contributed by atoms with E-state index in [1.165, 1.54) is 64.2 Å². The molecule has 0 aliphatic carbocycles. The number of hydrogen-bond donors (Lipinski definition) is 2. The van der Waals surface area contributed by atoms with Gasteiger partial charge in [0.2, 0.25) is 10.4 Å². The number of nitrogens with zero attached hydrogens (tertiary/aromatic N) is 1. The van der Waals surface area contributed by atoms with Gasteiger partial charge in [-0.25, -0.2) is 8.42 Å². The van der Waals surface area contributed by atoms with Crippen molar-refractivity contribution in [2.75, 3.05) is 33.9 Å². The highest BCUT2D eigenvalue weighted by atomic mass is 32.3. The Morgan fingerprint density at radius 1 is 0.964 bits per heavy atom. The first-order chi connectivity index (χ1) is 13.0. The van der Waals surface area contributed by atoms with Crippen LogP contribution in [0, 0.1) is 0 Å². The van der Waals surface area contributed by atoms with Gasteiger partial charge in [-0.2, -0.15) is 0 Å². The zero-order valence-corrected chi connectivity index (χ0v) is 19.5. The normalized spacial score (nSPS) is 15.0. The van der Waals surface area contributed by atoms with E-state index in [1.807, 2.05) is 0 Å². The van der Waals surface area contributed by atoms with Gasteiger partial charge in [0.15, 0.2) is 0 Å². The maximum absolute atomic E-state index is 9.74. The highest BCUT2D eigenvalue weighted by Gasteiger charge is 2.28. The van der Waals surface area contributed by atoms with Crippen molar-refractivity contribution in [3.8, 4) is 0 Å². The quantitative estimate of drug-likeness (QED) is 0.169. The Balaban J connectivity index is 0. The summed E-state index contributed by atoms with van der Waals surface area (Å²) in [6.07, 6.45) is 13.0.